The molecule has 3 rings (SSSR count). The standard InChI is InChI=1S/C19H18N2O2/c1-18(2)15-9-10-21(3)17(23)19(15,11-13(12-20)16(18)22)14-7-5-4-6-8-14/h4-9,11H,10H2,1-3H3/t19-/m1/s1. The van der Waals surface area contributed by atoms with Crippen LogP contribution in [0.4, 0.5) is 0 Å². The van der Waals surface area contributed by atoms with Crippen molar-refractivity contribution in [1.29, 1.82) is 5.26 Å². The molecule has 0 saturated carbocycles. The lowest BCUT2D eigenvalue weighted by molar-refractivity contribution is -0.134. The maximum absolute atomic E-state index is 13.2. The van der Waals surface area contributed by atoms with Crippen LogP contribution in [0.5, 0.6) is 0 Å². The van der Waals surface area contributed by atoms with Crippen LogP contribution in [0.3, 0.4) is 0 Å². The van der Waals surface area contributed by atoms with Crippen molar-refractivity contribution in [3.8, 4) is 6.07 Å². The zero-order valence-electron chi connectivity index (χ0n) is 13.5. The van der Waals surface area contributed by atoms with Gasteiger partial charge in [0.2, 0.25) is 5.91 Å². The molecule has 2 aliphatic rings. The molecule has 0 saturated heterocycles. The topological polar surface area (TPSA) is 61.2 Å². The van der Waals surface area contributed by atoms with Crippen LogP contribution in [0.1, 0.15) is 19.4 Å². The second kappa shape index (κ2) is 4.92. The zero-order chi connectivity index (χ0) is 16.8. The number of fused-ring (bicyclic) bond motifs is 1. The van der Waals surface area contributed by atoms with E-state index in [1.165, 1.54) is 0 Å². The van der Waals surface area contributed by atoms with Crippen LogP contribution in [0, 0.1) is 16.7 Å². The Balaban J connectivity index is 2.42. The quantitative estimate of drug-likeness (QED) is 0.748. The van der Waals surface area contributed by atoms with E-state index in [0.717, 1.165) is 11.1 Å². The van der Waals surface area contributed by atoms with E-state index in [2.05, 4.69) is 0 Å². The molecular formula is C19H18N2O2. The number of likely N-dealkylation sites (N-methyl/N-ethyl adjacent to an activating group) is 1. The highest BCUT2D eigenvalue weighted by Crippen LogP contribution is 2.51. The molecule has 1 atom stereocenters. The smallest absolute Gasteiger partial charge is 0.241 e. The van der Waals surface area contributed by atoms with Gasteiger partial charge in [-0.05, 0) is 31.1 Å². The summed E-state index contributed by atoms with van der Waals surface area (Å²) in [4.78, 5) is 27.4. The molecule has 1 aromatic carbocycles. The first-order chi connectivity index (χ1) is 10.9. The third-order valence-corrected chi connectivity index (χ3v) is 4.87. The molecule has 4 nitrogen and oxygen atoms in total. The lowest BCUT2D eigenvalue weighted by Gasteiger charge is -2.47. The van der Waals surface area contributed by atoms with Crippen LogP contribution in [0.2, 0.25) is 0 Å². The number of hydrogen-bond donors (Lipinski definition) is 0. The van der Waals surface area contributed by atoms with Crippen molar-refractivity contribution < 1.29 is 9.59 Å². The number of rotatable bonds is 1. The average Bonchev–Trinajstić information content (AvgIpc) is 2.55. The van der Waals surface area contributed by atoms with Gasteiger partial charge in [0, 0.05) is 13.6 Å². The average molecular weight is 306 g/mol. The minimum Gasteiger partial charge on any atom is -0.341 e. The van der Waals surface area contributed by atoms with E-state index in [0.29, 0.717) is 6.54 Å². The van der Waals surface area contributed by atoms with Gasteiger partial charge in [0.05, 0.1) is 11.0 Å². The van der Waals surface area contributed by atoms with Crippen LogP contribution in [-0.4, -0.2) is 30.2 Å². The van der Waals surface area contributed by atoms with Crippen molar-refractivity contribution in [1.82, 2.24) is 4.90 Å². The van der Waals surface area contributed by atoms with Crippen LogP contribution >= 0.6 is 0 Å². The summed E-state index contributed by atoms with van der Waals surface area (Å²) < 4.78 is 0. The summed E-state index contributed by atoms with van der Waals surface area (Å²) in [5.41, 5.74) is -0.345. The highest BCUT2D eigenvalue weighted by Gasteiger charge is 2.56. The minimum atomic E-state index is -1.07. The van der Waals surface area contributed by atoms with Gasteiger partial charge in [0.15, 0.2) is 5.78 Å². The molecule has 23 heavy (non-hydrogen) atoms. The fraction of sp³-hybridized carbons (Fsp3) is 0.316. The van der Waals surface area contributed by atoms with Crippen LogP contribution in [0.25, 0.3) is 0 Å². The lowest BCUT2D eigenvalue weighted by Crippen LogP contribution is -2.55. The highest BCUT2D eigenvalue weighted by molar-refractivity contribution is 6.11. The SMILES string of the molecule is CN1CC=C2C(C)(C)C(=O)C(C#N)=C[C@]2(c2ccccc2)C1=O. The number of carbonyl (C=O) groups is 2. The number of amides is 1. The molecule has 0 fully saturated rings. The van der Waals surface area contributed by atoms with E-state index in [1.54, 1.807) is 31.9 Å². The molecule has 4 heteroatoms. The molecule has 1 amide bonds. The maximum atomic E-state index is 13.2. The van der Waals surface area contributed by atoms with Crippen LogP contribution in [0.15, 0.2) is 53.6 Å². The first-order valence-electron chi connectivity index (χ1n) is 7.55. The Bertz CT molecular complexity index is 796. The predicted octanol–water partition coefficient (Wildman–Crippen LogP) is 2.38. The first kappa shape index (κ1) is 15.2. The van der Waals surface area contributed by atoms with Gasteiger partial charge in [0.1, 0.15) is 11.5 Å². The van der Waals surface area contributed by atoms with Gasteiger partial charge in [0.25, 0.3) is 0 Å². The Morgan fingerprint density at radius 3 is 2.43 bits per heavy atom. The molecule has 0 radical (unpaired) electrons. The van der Waals surface area contributed by atoms with E-state index in [-0.39, 0.29) is 17.3 Å². The van der Waals surface area contributed by atoms with E-state index >= 15 is 0 Å². The number of Topliss-reactive ketones (excluding diaryl/α,β-unsaturated/α-hetero) is 1. The van der Waals surface area contributed by atoms with Crippen molar-refractivity contribution in [3.05, 3.63) is 59.2 Å². The van der Waals surface area contributed by atoms with Crippen molar-refractivity contribution in [2.24, 2.45) is 5.41 Å². The second-order valence-electron chi connectivity index (χ2n) is 6.60. The van der Waals surface area contributed by atoms with Gasteiger partial charge >= 0.3 is 0 Å². The number of nitriles is 1. The molecule has 116 valence electrons. The Kier molecular flexibility index (Phi) is 3.26. The van der Waals surface area contributed by atoms with Gasteiger partial charge in [-0.1, -0.05) is 36.4 Å². The molecular weight excluding hydrogens is 288 g/mol. The monoisotopic (exact) mass is 306 g/mol. The molecule has 1 aliphatic carbocycles. The number of hydrogen-bond acceptors (Lipinski definition) is 3. The maximum Gasteiger partial charge on any atom is 0.241 e. The van der Waals surface area contributed by atoms with E-state index in [1.807, 2.05) is 42.5 Å². The number of carbonyl (C=O) groups excluding carboxylic acids is 2. The summed E-state index contributed by atoms with van der Waals surface area (Å²) in [6, 6.07) is 11.4. The third kappa shape index (κ3) is 1.90. The van der Waals surface area contributed by atoms with Gasteiger partial charge in [-0.3, -0.25) is 9.59 Å². The predicted molar refractivity (Wildman–Crippen MR) is 86.3 cm³/mol. The molecule has 1 aromatic rings. The first-order valence-corrected chi connectivity index (χ1v) is 7.55. The van der Waals surface area contributed by atoms with E-state index in [9.17, 15) is 14.9 Å². The molecule has 0 aromatic heterocycles. The van der Waals surface area contributed by atoms with Gasteiger partial charge < -0.3 is 4.90 Å². The lowest BCUT2D eigenvalue weighted by atomic mass is 9.56. The van der Waals surface area contributed by atoms with E-state index in [4.69, 9.17) is 0 Å². The summed E-state index contributed by atoms with van der Waals surface area (Å²) >= 11 is 0. The normalized spacial score (nSPS) is 26.1. The number of allylic oxidation sites excluding steroid dienone is 1. The molecule has 0 N–H and O–H groups in total. The molecule has 0 unspecified atom stereocenters. The van der Waals surface area contributed by atoms with Crippen molar-refractivity contribution in [3.63, 3.8) is 0 Å². The summed E-state index contributed by atoms with van der Waals surface area (Å²) in [5.74, 6) is -0.329. The Morgan fingerprint density at radius 1 is 1.17 bits per heavy atom. The van der Waals surface area contributed by atoms with Crippen LogP contribution < -0.4 is 0 Å². The summed E-state index contributed by atoms with van der Waals surface area (Å²) in [5, 5.41) is 9.41. The van der Waals surface area contributed by atoms with Crippen LogP contribution in [-0.2, 0) is 15.0 Å². The molecule has 0 spiro atoms. The highest BCUT2D eigenvalue weighted by atomic mass is 16.2. The Hall–Kier alpha value is -2.67. The molecule has 1 aliphatic heterocycles. The third-order valence-electron chi connectivity index (χ3n) is 4.87. The zero-order valence-corrected chi connectivity index (χ0v) is 13.5. The summed E-state index contributed by atoms with van der Waals surface area (Å²) in [6.07, 6.45) is 3.51. The summed E-state index contributed by atoms with van der Waals surface area (Å²) in [6.45, 7) is 4.05. The van der Waals surface area contributed by atoms with Gasteiger partial charge in [-0.2, -0.15) is 5.26 Å². The number of benzene rings is 1. The molecule has 1 heterocycles. The fourth-order valence-electron chi connectivity index (χ4n) is 3.66. The van der Waals surface area contributed by atoms with Crippen molar-refractivity contribution in [2.45, 2.75) is 19.3 Å². The van der Waals surface area contributed by atoms with E-state index < -0.39 is 10.8 Å². The molecule has 0 bridgehead atoms. The largest absolute Gasteiger partial charge is 0.341 e. The summed E-state index contributed by atoms with van der Waals surface area (Å²) in [7, 11) is 1.74. The van der Waals surface area contributed by atoms with Gasteiger partial charge in [-0.25, -0.2) is 0 Å². The fourth-order valence-corrected chi connectivity index (χ4v) is 3.66. The minimum absolute atomic E-state index is 0.0552. The number of ketones is 1. The van der Waals surface area contributed by atoms with Crippen molar-refractivity contribution in [2.75, 3.05) is 13.6 Å². The van der Waals surface area contributed by atoms with Crippen molar-refractivity contribution >= 4 is 11.7 Å². The number of nitrogens with zero attached hydrogens (tertiary/aromatic N) is 2. The second-order valence-corrected chi connectivity index (χ2v) is 6.60. The van der Waals surface area contributed by atoms with Gasteiger partial charge in [-0.15, -0.1) is 0 Å². The Morgan fingerprint density at radius 2 is 1.83 bits per heavy atom. The Labute approximate surface area is 135 Å².